The minimum Gasteiger partial charge on any atom is -0.481 e. The van der Waals surface area contributed by atoms with Crippen LogP contribution in [-0.4, -0.2) is 45.1 Å². The number of nitrogens with one attached hydrogen (secondary N) is 1. The molecule has 8 nitrogen and oxygen atoms in total. The van der Waals surface area contributed by atoms with E-state index in [1.54, 1.807) is 28.8 Å². The van der Waals surface area contributed by atoms with Gasteiger partial charge in [-0.1, -0.05) is 0 Å². The number of fused-ring (bicyclic) bond motifs is 1. The third-order valence-corrected chi connectivity index (χ3v) is 4.53. The molecule has 0 bridgehead atoms. The zero-order valence-electron chi connectivity index (χ0n) is 15.4. The molecule has 3 heterocycles. The second kappa shape index (κ2) is 7.15. The van der Waals surface area contributed by atoms with Gasteiger partial charge in [-0.2, -0.15) is 5.10 Å². The number of hydrogen-bond acceptors (Lipinski definition) is 5. The van der Waals surface area contributed by atoms with Crippen molar-refractivity contribution in [2.45, 2.75) is 39.9 Å². The van der Waals surface area contributed by atoms with Crippen LogP contribution in [0.15, 0.2) is 18.5 Å². The standard InChI is InChI=1S/C18H23N5O3/c1-5-22-10-15-14(18(22)25)6-13(17(21-15)26-4)8-19-16(24)12(3)23-9-11(2)7-20-23/h6-7,9,12H,5,8,10H2,1-4H3,(H,19,24)/t12-/m1/s1. The van der Waals surface area contributed by atoms with E-state index in [0.717, 1.165) is 5.56 Å². The van der Waals surface area contributed by atoms with Gasteiger partial charge >= 0.3 is 0 Å². The third-order valence-electron chi connectivity index (χ3n) is 4.53. The summed E-state index contributed by atoms with van der Waals surface area (Å²) in [6, 6.07) is 1.33. The topological polar surface area (TPSA) is 89.3 Å². The lowest BCUT2D eigenvalue weighted by Gasteiger charge is -2.14. The molecule has 1 aliphatic heterocycles. The van der Waals surface area contributed by atoms with E-state index in [4.69, 9.17) is 4.74 Å². The number of rotatable bonds is 6. The fourth-order valence-corrected chi connectivity index (χ4v) is 2.96. The number of ether oxygens (including phenoxy) is 1. The van der Waals surface area contributed by atoms with Crippen LogP contribution >= 0.6 is 0 Å². The van der Waals surface area contributed by atoms with Gasteiger partial charge in [0.1, 0.15) is 6.04 Å². The summed E-state index contributed by atoms with van der Waals surface area (Å²) >= 11 is 0. The summed E-state index contributed by atoms with van der Waals surface area (Å²) in [6.07, 6.45) is 3.53. The zero-order chi connectivity index (χ0) is 18.8. The molecule has 0 saturated heterocycles. The zero-order valence-corrected chi connectivity index (χ0v) is 15.4. The first-order valence-corrected chi connectivity index (χ1v) is 8.59. The summed E-state index contributed by atoms with van der Waals surface area (Å²) in [5.74, 6) is 0.222. The lowest BCUT2D eigenvalue weighted by atomic mass is 10.1. The van der Waals surface area contributed by atoms with Crippen LogP contribution < -0.4 is 10.1 Å². The first-order valence-electron chi connectivity index (χ1n) is 8.59. The van der Waals surface area contributed by atoms with Gasteiger partial charge in [-0.3, -0.25) is 14.3 Å². The average Bonchev–Trinajstić information content (AvgIpc) is 3.21. The molecule has 2 aromatic heterocycles. The number of amides is 2. The monoisotopic (exact) mass is 357 g/mol. The minimum atomic E-state index is -0.436. The van der Waals surface area contributed by atoms with Gasteiger partial charge in [-0.05, 0) is 32.4 Å². The summed E-state index contributed by atoms with van der Waals surface area (Å²) in [5, 5.41) is 7.04. The summed E-state index contributed by atoms with van der Waals surface area (Å²) in [7, 11) is 1.53. The number of aromatic nitrogens is 3. The predicted octanol–water partition coefficient (Wildman–Crippen LogP) is 1.45. The van der Waals surface area contributed by atoms with Crippen LogP contribution in [0.2, 0.25) is 0 Å². The van der Waals surface area contributed by atoms with Crippen LogP contribution in [0.1, 0.15) is 47.1 Å². The minimum absolute atomic E-state index is 0.0365. The fourth-order valence-electron chi connectivity index (χ4n) is 2.96. The molecule has 1 aliphatic rings. The molecule has 0 fully saturated rings. The number of methoxy groups -OCH3 is 1. The number of nitrogens with zero attached hydrogens (tertiary/aromatic N) is 4. The van der Waals surface area contributed by atoms with Crippen LogP contribution in [0.5, 0.6) is 5.88 Å². The predicted molar refractivity (Wildman–Crippen MR) is 94.7 cm³/mol. The summed E-state index contributed by atoms with van der Waals surface area (Å²) in [5.41, 5.74) is 2.96. The molecule has 0 aromatic carbocycles. The molecule has 138 valence electrons. The Morgan fingerprint density at radius 3 is 2.85 bits per heavy atom. The first-order chi connectivity index (χ1) is 12.4. The molecule has 8 heteroatoms. The van der Waals surface area contributed by atoms with Crippen molar-refractivity contribution in [3.63, 3.8) is 0 Å². The highest BCUT2D eigenvalue weighted by Gasteiger charge is 2.29. The number of carbonyl (C=O) groups excluding carboxylic acids is 2. The van der Waals surface area contributed by atoms with Gasteiger partial charge in [-0.15, -0.1) is 0 Å². The van der Waals surface area contributed by atoms with Crippen LogP contribution in [0.25, 0.3) is 0 Å². The Balaban J connectivity index is 1.75. The molecule has 0 saturated carbocycles. The molecule has 0 spiro atoms. The fraction of sp³-hybridized carbons (Fsp3) is 0.444. The molecule has 3 rings (SSSR count). The Morgan fingerprint density at radius 1 is 1.46 bits per heavy atom. The second-order valence-corrected chi connectivity index (χ2v) is 6.36. The highest BCUT2D eigenvalue weighted by Crippen LogP contribution is 2.27. The normalized spacial score (nSPS) is 14.3. The maximum Gasteiger partial charge on any atom is 0.256 e. The van der Waals surface area contributed by atoms with E-state index in [1.165, 1.54) is 7.11 Å². The van der Waals surface area contributed by atoms with Crippen molar-refractivity contribution in [3.8, 4) is 5.88 Å². The molecule has 0 aliphatic carbocycles. The highest BCUT2D eigenvalue weighted by molar-refractivity contribution is 5.98. The summed E-state index contributed by atoms with van der Waals surface area (Å²) in [6.45, 7) is 6.98. The van der Waals surface area contributed by atoms with Crippen molar-refractivity contribution in [2.75, 3.05) is 13.7 Å². The van der Waals surface area contributed by atoms with Crippen molar-refractivity contribution in [2.24, 2.45) is 0 Å². The van der Waals surface area contributed by atoms with Crippen molar-refractivity contribution in [3.05, 3.63) is 40.8 Å². The van der Waals surface area contributed by atoms with E-state index in [2.05, 4.69) is 15.4 Å². The molecule has 0 radical (unpaired) electrons. The molecular formula is C18H23N5O3. The van der Waals surface area contributed by atoms with Crippen molar-refractivity contribution < 1.29 is 14.3 Å². The smallest absolute Gasteiger partial charge is 0.256 e. The van der Waals surface area contributed by atoms with E-state index < -0.39 is 6.04 Å². The van der Waals surface area contributed by atoms with E-state index in [9.17, 15) is 9.59 Å². The van der Waals surface area contributed by atoms with Gasteiger partial charge in [0.2, 0.25) is 11.8 Å². The largest absolute Gasteiger partial charge is 0.481 e. The van der Waals surface area contributed by atoms with E-state index in [1.807, 2.05) is 20.0 Å². The Bertz CT molecular complexity index is 845. The Labute approximate surface area is 152 Å². The molecule has 2 amide bonds. The molecule has 0 unspecified atom stereocenters. The van der Waals surface area contributed by atoms with Crippen LogP contribution in [-0.2, 0) is 17.9 Å². The molecule has 26 heavy (non-hydrogen) atoms. The average molecular weight is 357 g/mol. The number of hydrogen-bond donors (Lipinski definition) is 1. The lowest BCUT2D eigenvalue weighted by Crippen LogP contribution is -2.31. The van der Waals surface area contributed by atoms with Gasteiger partial charge in [0, 0.05) is 24.8 Å². The molecular weight excluding hydrogens is 334 g/mol. The van der Waals surface area contributed by atoms with Gasteiger partial charge in [0.05, 0.1) is 31.1 Å². The Morgan fingerprint density at radius 2 is 2.23 bits per heavy atom. The van der Waals surface area contributed by atoms with Gasteiger partial charge < -0.3 is 15.0 Å². The first kappa shape index (κ1) is 17.9. The second-order valence-electron chi connectivity index (χ2n) is 6.36. The van der Waals surface area contributed by atoms with Gasteiger partial charge in [0.25, 0.3) is 5.91 Å². The van der Waals surface area contributed by atoms with Crippen LogP contribution in [0.3, 0.4) is 0 Å². The summed E-state index contributed by atoms with van der Waals surface area (Å²) < 4.78 is 6.96. The van der Waals surface area contributed by atoms with Crippen LogP contribution in [0.4, 0.5) is 0 Å². The van der Waals surface area contributed by atoms with Gasteiger partial charge in [-0.25, -0.2) is 4.98 Å². The Kier molecular flexibility index (Phi) is 4.92. The van der Waals surface area contributed by atoms with Crippen molar-refractivity contribution in [1.82, 2.24) is 25.0 Å². The molecule has 2 aromatic rings. The van der Waals surface area contributed by atoms with Crippen molar-refractivity contribution in [1.29, 1.82) is 0 Å². The number of pyridine rings is 1. The maximum absolute atomic E-state index is 12.4. The van der Waals surface area contributed by atoms with Gasteiger partial charge in [0.15, 0.2) is 0 Å². The lowest BCUT2D eigenvalue weighted by molar-refractivity contribution is -0.124. The Hall–Kier alpha value is -2.90. The van der Waals surface area contributed by atoms with E-state index in [-0.39, 0.29) is 18.4 Å². The number of carbonyl (C=O) groups is 2. The third kappa shape index (κ3) is 3.26. The van der Waals surface area contributed by atoms with Crippen molar-refractivity contribution >= 4 is 11.8 Å². The van der Waals surface area contributed by atoms with Crippen LogP contribution in [0, 0.1) is 6.92 Å². The molecule has 1 N–H and O–H groups in total. The summed E-state index contributed by atoms with van der Waals surface area (Å²) in [4.78, 5) is 30.9. The maximum atomic E-state index is 12.4. The number of aryl methyl sites for hydroxylation is 1. The quantitative estimate of drug-likeness (QED) is 0.845. The SMILES string of the molecule is CCN1Cc2nc(OC)c(CNC(=O)[C@@H](C)n3cc(C)cn3)cc2C1=O. The highest BCUT2D eigenvalue weighted by atomic mass is 16.5. The molecule has 1 atom stereocenters. The van der Waals surface area contributed by atoms with E-state index in [0.29, 0.717) is 35.8 Å². The van der Waals surface area contributed by atoms with E-state index >= 15 is 0 Å².